The van der Waals surface area contributed by atoms with Gasteiger partial charge in [-0.15, -0.1) is 5.10 Å². The van der Waals surface area contributed by atoms with Crippen molar-refractivity contribution in [2.24, 2.45) is 5.10 Å². The molecule has 0 aromatic carbocycles. The highest BCUT2D eigenvalue weighted by atomic mass is 16.2. The molecule has 0 aliphatic heterocycles. The van der Waals surface area contributed by atoms with Gasteiger partial charge in [-0.2, -0.15) is 15.2 Å². The van der Waals surface area contributed by atoms with Gasteiger partial charge in [-0.1, -0.05) is 5.10 Å². The third kappa shape index (κ3) is 3.70. The topological polar surface area (TPSA) is 135 Å². The van der Waals surface area contributed by atoms with Crippen molar-refractivity contribution in [3.63, 3.8) is 0 Å². The molecule has 0 spiro atoms. The van der Waals surface area contributed by atoms with E-state index < -0.39 is 5.91 Å². The Bertz CT molecular complexity index is 441. The van der Waals surface area contributed by atoms with E-state index in [1.807, 2.05) is 0 Å². The summed E-state index contributed by atoms with van der Waals surface area (Å²) in [6, 6.07) is 1.71. The maximum absolute atomic E-state index is 10.9. The van der Waals surface area contributed by atoms with Gasteiger partial charge in [0.2, 0.25) is 0 Å². The van der Waals surface area contributed by atoms with E-state index in [-0.39, 0.29) is 18.9 Å². The van der Waals surface area contributed by atoms with Crippen LogP contribution in [-0.2, 0) is 11.3 Å². The summed E-state index contributed by atoms with van der Waals surface area (Å²) in [5, 5.41) is 22.8. The fraction of sp³-hybridized carbons (Fsp3) is 0.429. The van der Waals surface area contributed by atoms with E-state index in [1.54, 1.807) is 13.0 Å². The van der Waals surface area contributed by atoms with Gasteiger partial charge in [0.15, 0.2) is 0 Å². The Kier molecular flexibility index (Phi) is 3.90. The van der Waals surface area contributed by atoms with Crippen molar-refractivity contribution < 1.29 is 4.79 Å². The van der Waals surface area contributed by atoms with Crippen molar-refractivity contribution in [2.75, 3.05) is 5.73 Å². The highest BCUT2D eigenvalue weighted by molar-refractivity contribution is 5.84. The van der Waals surface area contributed by atoms with Gasteiger partial charge in [0.05, 0.1) is 11.8 Å². The van der Waals surface area contributed by atoms with Crippen molar-refractivity contribution in [1.82, 2.24) is 25.6 Å². The van der Waals surface area contributed by atoms with Crippen LogP contribution in [-0.4, -0.2) is 31.8 Å². The minimum atomic E-state index is -0.465. The molecule has 1 rings (SSSR count). The summed E-state index contributed by atoms with van der Waals surface area (Å²) in [5.41, 5.74) is 8.04. The lowest BCUT2D eigenvalue weighted by Crippen LogP contribution is -2.20. The smallest absolute Gasteiger partial charge is 0.260 e. The summed E-state index contributed by atoms with van der Waals surface area (Å²) < 4.78 is 0. The van der Waals surface area contributed by atoms with E-state index >= 15 is 0 Å². The number of tetrazole rings is 1. The lowest BCUT2D eigenvalue weighted by molar-refractivity contribution is -0.120. The Morgan fingerprint density at radius 1 is 1.75 bits per heavy atom. The van der Waals surface area contributed by atoms with Crippen molar-refractivity contribution in [3.8, 4) is 6.07 Å². The molecule has 0 unspecified atom stereocenters. The number of nitriles is 1. The Balaban J connectivity index is 2.46. The minimum absolute atomic E-state index is 0.0707. The zero-order chi connectivity index (χ0) is 12.0. The van der Waals surface area contributed by atoms with Crippen LogP contribution < -0.4 is 11.2 Å². The molecule has 1 aromatic rings. The summed E-state index contributed by atoms with van der Waals surface area (Å²) in [6.07, 6.45) is -0.231. The molecule has 0 bridgehead atoms. The number of aromatic nitrogens is 4. The van der Waals surface area contributed by atoms with Gasteiger partial charge in [-0.25, -0.2) is 5.43 Å². The van der Waals surface area contributed by atoms with Crippen molar-refractivity contribution in [1.29, 1.82) is 5.26 Å². The number of hydrazone groups is 1. The minimum Gasteiger partial charge on any atom is -0.365 e. The van der Waals surface area contributed by atoms with E-state index in [4.69, 9.17) is 11.0 Å². The van der Waals surface area contributed by atoms with Gasteiger partial charge in [-0.3, -0.25) is 4.79 Å². The maximum Gasteiger partial charge on any atom is 0.260 e. The van der Waals surface area contributed by atoms with Gasteiger partial charge in [0.1, 0.15) is 13.0 Å². The number of hydrogen-bond donors (Lipinski definition) is 2. The number of anilines is 1. The molecule has 0 atom stereocenters. The molecule has 3 N–H and O–H groups in total. The number of nitrogens with two attached hydrogens (primary N) is 1. The fourth-order valence-electron chi connectivity index (χ4n) is 0.832. The van der Waals surface area contributed by atoms with Gasteiger partial charge < -0.3 is 5.73 Å². The Hall–Kier alpha value is -2.50. The SMILES string of the molecule is C/C(Cn1nnc(N)n1)=N\NC(=O)CC#N. The van der Waals surface area contributed by atoms with Crippen LogP contribution in [0.1, 0.15) is 13.3 Å². The number of rotatable bonds is 4. The summed E-state index contributed by atoms with van der Waals surface area (Å²) in [4.78, 5) is 12.1. The maximum atomic E-state index is 10.9. The van der Waals surface area contributed by atoms with Crippen molar-refractivity contribution >= 4 is 17.6 Å². The monoisotopic (exact) mass is 222 g/mol. The standard InChI is InChI=1S/C7H10N8O/c1-5(10-11-6(16)2-3-8)4-15-13-7(9)12-14-15/h2,4H2,1H3,(H2,9,13)(H,11,16)/b10-5+. The van der Waals surface area contributed by atoms with Crippen LogP contribution in [0.3, 0.4) is 0 Å². The largest absolute Gasteiger partial charge is 0.365 e. The van der Waals surface area contributed by atoms with E-state index in [0.717, 1.165) is 0 Å². The average molecular weight is 222 g/mol. The van der Waals surface area contributed by atoms with Crippen LogP contribution in [0.4, 0.5) is 5.95 Å². The summed E-state index contributed by atoms with van der Waals surface area (Å²) in [7, 11) is 0. The highest BCUT2D eigenvalue weighted by Gasteiger charge is 2.01. The molecule has 1 aromatic heterocycles. The number of amides is 1. The molecule has 0 saturated heterocycles. The van der Waals surface area contributed by atoms with Gasteiger partial charge in [0, 0.05) is 0 Å². The predicted molar refractivity (Wildman–Crippen MR) is 53.7 cm³/mol. The molecule has 0 fully saturated rings. The van der Waals surface area contributed by atoms with Crippen LogP contribution in [0.25, 0.3) is 0 Å². The second kappa shape index (κ2) is 5.40. The van der Waals surface area contributed by atoms with Crippen molar-refractivity contribution in [2.45, 2.75) is 19.9 Å². The second-order valence-corrected chi connectivity index (χ2v) is 2.89. The van der Waals surface area contributed by atoms with Crippen LogP contribution >= 0.6 is 0 Å². The average Bonchev–Trinajstić information content (AvgIpc) is 2.61. The van der Waals surface area contributed by atoms with E-state index in [9.17, 15) is 4.79 Å². The van der Waals surface area contributed by atoms with Crippen LogP contribution in [0.2, 0.25) is 0 Å². The number of carbonyl (C=O) groups excluding carboxylic acids is 1. The molecule has 0 radical (unpaired) electrons. The molecule has 0 saturated carbocycles. The molecule has 9 nitrogen and oxygen atoms in total. The normalized spacial score (nSPS) is 10.9. The first-order valence-corrected chi connectivity index (χ1v) is 4.34. The van der Waals surface area contributed by atoms with Crippen LogP contribution in [0.15, 0.2) is 5.10 Å². The van der Waals surface area contributed by atoms with Gasteiger partial charge in [-0.05, 0) is 12.1 Å². The molecular formula is C7H10N8O. The molecule has 0 aliphatic carbocycles. The summed E-state index contributed by atoms with van der Waals surface area (Å²) in [6.45, 7) is 1.93. The first kappa shape index (κ1) is 11.6. The molecule has 1 amide bonds. The summed E-state index contributed by atoms with van der Waals surface area (Å²) in [5.74, 6) is -0.394. The second-order valence-electron chi connectivity index (χ2n) is 2.89. The number of nitrogens with one attached hydrogen (secondary N) is 1. The Morgan fingerprint density at radius 2 is 2.50 bits per heavy atom. The third-order valence-electron chi connectivity index (χ3n) is 1.45. The molecule has 9 heteroatoms. The molecule has 0 aliphatic rings. The zero-order valence-electron chi connectivity index (χ0n) is 8.58. The summed E-state index contributed by atoms with van der Waals surface area (Å²) >= 11 is 0. The highest BCUT2D eigenvalue weighted by Crippen LogP contribution is 1.87. The molecule has 16 heavy (non-hydrogen) atoms. The van der Waals surface area contributed by atoms with Gasteiger partial charge >= 0.3 is 0 Å². The quantitative estimate of drug-likeness (QED) is 0.478. The first-order chi connectivity index (χ1) is 7.61. The Morgan fingerprint density at radius 3 is 3.06 bits per heavy atom. The number of nitrogen functional groups attached to an aromatic ring is 1. The van der Waals surface area contributed by atoms with Crippen LogP contribution in [0, 0.1) is 11.3 Å². The number of hydrogen-bond acceptors (Lipinski definition) is 7. The molecule has 1 heterocycles. The lowest BCUT2D eigenvalue weighted by atomic mass is 10.4. The first-order valence-electron chi connectivity index (χ1n) is 4.34. The molecular weight excluding hydrogens is 212 g/mol. The number of nitrogens with zero attached hydrogens (tertiary/aromatic N) is 6. The fourth-order valence-corrected chi connectivity index (χ4v) is 0.832. The number of carbonyl (C=O) groups is 1. The van der Waals surface area contributed by atoms with Crippen molar-refractivity contribution in [3.05, 3.63) is 0 Å². The third-order valence-corrected chi connectivity index (χ3v) is 1.45. The van der Waals surface area contributed by atoms with E-state index in [1.165, 1.54) is 4.80 Å². The van der Waals surface area contributed by atoms with Gasteiger partial charge in [0.25, 0.3) is 11.9 Å². The molecule has 84 valence electrons. The van der Waals surface area contributed by atoms with E-state index in [0.29, 0.717) is 5.71 Å². The van der Waals surface area contributed by atoms with E-state index in [2.05, 4.69) is 25.9 Å². The Labute approximate surface area is 90.9 Å². The van der Waals surface area contributed by atoms with Crippen LogP contribution in [0.5, 0.6) is 0 Å². The predicted octanol–water partition coefficient (Wildman–Crippen LogP) is -1.34. The lowest BCUT2D eigenvalue weighted by Gasteiger charge is -1.99. The zero-order valence-corrected chi connectivity index (χ0v) is 8.58.